The molecular weight excluding hydrogens is 418 g/mol. The van der Waals surface area contributed by atoms with Crippen molar-refractivity contribution in [2.75, 3.05) is 43.4 Å². The molecule has 0 saturated heterocycles. The van der Waals surface area contributed by atoms with Gasteiger partial charge in [-0.2, -0.15) is 0 Å². The van der Waals surface area contributed by atoms with Crippen LogP contribution in [0.4, 0.5) is 11.4 Å². The smallest absolute Gasteiger partial charge is 0.256 e. The second-order valence-corrected chi connectivity index (χ2v) is 8.49. The van der Waals surface area contributed by atoms with Crippen LogP contribution in [0.25, 0.3) is 11.6 Å². The fraction of sp³-hybridized carbons (Fsp3) is 0.400. The summed E-state index contributed by atoms with van der Waals surface area (Å²) < 4.78 is 2.04. The summed E-state index contributed by atoms with van der Waals surface area (Å²) in [5, 5.41) is 5.51. The van der Waals surface area contributed by atoms with Gasteiger partial charge in [0.1, 0.15) is 0 Å². The van der Waals surface area contributed by atoms with E-state index in [2.05, 4.69) is 29.4 Å². The van der Waals surface area contributed by atoms with Crippen LogP contribution in [0.2, 0.25) is 0 Å². The third kappa shape index (κ3) is 4.06. The number of likely N-dealkylation sites (N-methyl/N-ethyl adjacent to an activating group) is 1. The third-order valence-corrected chi connectivity index (χ3v) is 6.82. The molecule has 2 N–H and O–H groups in total. The maximum Gasteiger partial charge on any atom is 0.256 e. The number of benzene rings is 1. The van der Waals surface area contributed by atoms with Crippen molar-refractivity contribution in [3.63, 3.8) is 0 Å². The summed E-state index contributed by atoms with van der Waals surface area (Å²) in [5.74, 6) is -0.131. The summed E-state index contributed by atoms with van der Waals surface area (Å²) in [5.41, 5.74) is 6.09. The van der Waals surface area contributed by atoms with Gasteiger partial charge in [-0.3, -0.25) is 14.4 Å². The topological polar surface area (TPSA) is 86.7 Å². The molecule has 4 rings (SSSR count). The first-order chi connectivity index (χ1) is 15.9. The van der Waals surface area contributed by atoms with Crippen LogP contribution in [-0.2, 0) is 23.1 Å². The van der Waals surface area contributed by atoms with Gasteiger partial charge in [-0.25, -0.2) is 0 Å². The number of nitrogens with one attached hydrogen (secondary N) is 2. The quantitative estimate of drug-likeness (QED) is 0.479. The van der Waals surface area contributed by atoms with Gasteiger partial charge in [0.15, 0.2) is 0 Å². The summed E-state index contributed by atoms with van der Waals surface area (Å²) in [7, 11) is 1.95. The lowest BCUT2D eigenvalue weighted by Crippen LogP contribution is -2.42. The van der Waals surface area contributed by atoms with E-state index >= 15 is 0 Å². The molecule has 1 aromatic heterocycles. The molecule has 0 unspecified atom stereocenters. The minimum absolute atomic E-state index is 0.0647. The molecule has 0 fully saturated rings. The molecule has 0 spiro atoms. The van der Waals surface area contributed by atoms with Crippen LogP contribution in [0.5, 0.6) is 0 Å². The van der Waals surface area contributed by atoms with Crippen LogP contribution < -0.4 is 10.6 Å². The molecule has 3 heterocycles. The number of carbonyl (C=O) groups excluding carboxylic acids is 3. The Morgan fingerprint density at radius 2 is 1.97 bits per heavy atom. The highest BCUT2D eigenvalue weighted by atomic mass is 16.2. The fourth-order valence-corrected chi connectivity index (χ4v) is 4.83. The highest BCUT2D eigenvalue weighted by Crippen LogP contribution is 2.37. The van der Waals surface area contributed by atoms with Gasteiger partial charge < -0.3 is 25.0 Å². The van der Waals surface area contributed by atoms with Crippen molar-refractivity contribution in [2.45, 2.75) is 27.2 Å². The number of anilines is 2. The van der Waals surface area contributed by atoms with E-state index in [9.17, 15) is 14.4 Å². The van der Waals surface area contributed by atoms with E-state index < -0.39 is 0 Å². The summed E-state index contributed by atoms with van der Waals surface area (Å²) in [4.78, 5) is 41.2. The number of hydrogen-bond acceptors (Lipinski definition) is 4. The number of amides is 3. The second-order valence-electron chi connectivity index (χ2n) is 8.49. The van der Waals surface area contributed by atoms with E-state index in [1.807, 2.05) is 29.5 Å². The molecule has 1 aromatic carbocycles. The monoisotopic (exact) mass is 449 g/mol. The zero-order chi connectivity index (χ0) is 23.7. The first kappa shape index (κ1) is 22.8. The Morgan fingerprint density at radius 3 is 2.67 bits per heavy atom. The van der Waals surface area contributed by atoms with Crippen molar-refractivity contribution >= 4 is 41.2 Å². The number of rotatable bonds is 8. The van der Waals surface area contributed by atoms with Gasteiger partial charge >= 0.3 is 0 Å². The van der Waals surface area contributed by atoms with Crippen molar-refractivity contribution in [3.8, 4) is 0 Å². The minimum atomic E-state index is -0.195. The largest absolute Gasteiger partial charge is 0.347 e. The van der Waals surface area contributed by atoms with Crippen LogP contribution in [0.1, 0.15) is 46.7 Å². The molecule has 2 aliphatic rings. The summed E-state index contributed by atoms with van der Waals surface area (Å²) in [6.07, 6.45) is 3.26. The van der Waals surface area contributed by atoms with Gasteiger partial charge in [-0.05, 0) is 49.9 Å². The molecule has 33 heavy (non-hydrogen) atoms. The van der Waals surface area contributed by atoms with Gasteiger partial charge in [0.25, 0.3) is 11.8 Å². The van der Waals surface area contributed by atoms with Crippen molar-refractivity contribution in [1.29, 1.82) is 0 Å². The maximum atomic E-state index is 13.4. The van der Waals surface area contributed by atoms with Gasteiger partial charge in [-0.15, -0.1) is 0 Å². The number of fused-ring (bicyclic) bond motifs is 2. The van der Waals surface area contributed by atoms with E-state index in [0.29, 0.717) is 36.4 Å². The Bertz CT molecular complexity index is 1140. The Balaban J connectivity index is 1.68. The van der Waals surface area contributed by atoms with E-state index in [4.69, 9.17) is 0 Å². The minimum Gasteiger partial charge on any atom is -0.347 e. The standard InChI is InChI=1S/C25H31N5O3/c1-5-29(6-2)11-12-30-10-9-21-23(25(30)33)16(3)22(28(21)4)14-19-18-13-17(26-15-31)7-8-20(18)27-24(19)32/h7-8,13-15H,5-6,9-12H2,1-4H3,(H,26,31)(H,27,32)/b19-14-. The van der Waals surface area contributed by atoms with E-state index in [1.54, 1.807) is 18.2 Å². The Kier molecular flexibility index (Phi) is 6.37. The molecule has 0 aliphatic carbocycles. The number of aromatic nitrogens is 1. The van der Waals surface area contributed by atoms with Crippen LogP contribution in [0.3, 0.4) is 0 Å². The van der Waals surface area contributed by atoms with E-state index in [0.717, 1.165) is 54.1 Å². The molecule has 0 atom stereocenters. The Morgan fingerprint density at radius 1 is 1.21 bits per heavy atom. The highest BCUT2D eigenvalue weighted by Gasteiger charge is 2.32. The van der Waals surface area contributed by atoms with Crippen molar-refractivity contribution in [1.82, 2.24) is 14.4 Å². The van der Waals surface area contributed by atoms with Crippen LogP contribution in [0, 0.1) is 6.92 Å². The normalized spacial score (nSPS) is 16.3. The van der Waals surface area contributed by atoms with Crippen molar-refractivity contribution < 1.29 is 14.4 Å². The molecular formula is C25H31N5O3. The van der Waals surface area contributed by atoms with E-state index in [-0.39, 0.29) is 11.8 Å². The lowest BCUT2D eigenvalue weighted by atomic mass is 10.0. The van der Waals surface area contributed by atoms with E-state index in [1.165, 1.54) is 0 Å². The van der Waals surface area contributed by atoms with Crippen LogP contribution in [-0.4, -0.2) is 65.3 Å². The average Bonchev–Trinajstić information content (AvgIpc) is 3.24. The summed E-state index contributed by atoms with van der Waals surface area (Å²) >= 11 is 0. The Labute approximate surface area is 194 Å². The highest BCUT2D eigenvalue weighted by molar-refractivity contribution is 6.35. The zero-order valence-corrected chi connectivity index (χ0v) is 19.7. The first-order valence-corrected chi connectivity index (χ1v) is 11.5. The van der Waals surface area contributed by atoms with Crippen LogP contribution in [0.15, 0.2) is 18.2 Å². The first-order valence-electron chi connectivity index (χ1n) is 11.5. The van der Waals surface area contributed by atoms with Crippen molar-refractivity contribution in [2.24, 2.45) is 7.05 Å². The average molecular weight is 450 g/mol. The number of hydrogen-bond donors (Lipinski definition) is 2. The SMILES string of the molecule is CCN(CC)CCN1CCc2c(c(C)c(/C=C3\C(=O)Nc4ccc(NC=O)cc43)n2C)C1=O. The fourth-order valence-electron chi connectivity index (χ4n) is 4.83. The molecule has 0 saturated carbocycles. The lowest BCUT2D eigenvalue weighted by Gasteiger charge is -2.30. The molecule has 2 aliphatic heterocycles. The summed E-state index contributed by atoms with van der Waals surface area (Å²) in [6.45, 7) is 10.4. The molecule has 2 aromatic rings. The molecule has 0 radical (unpaired) electrons. The van der Waals surface area contributed by atoms with Gasteiger partial charge in [0.2, 0.25) is 6.41 Å². The summed E-state index contributed by atoms with van der Waals surface area (Å²) in [6, 6.07) is 5.31. The third-order valence-electron chi connectivity index (χ3n) is 6.82. The lowest BCUT2D eigenvalue weighted by molar-refractivity contribution is -0.110. The number of nitrogens with zero attached hydrogens (tertiary/aromatic N) is 3. The van der Waals surface area contributed by atoms with Gasteiger partial charge in [-0.1, -0.05) is 13.8 Å². The predicted octanol–water partition coefficient (Wildman–Crippen LogP) is 2.73. The molecule has 0 bridgehead atoms. The van der Waals surface area contributed by atoms with Gasteiger partial charge in [0, 0.05) is 61.4 Å². The van der Waals surface area contributed by atoms with Crippen LogP contribution >= 0.6 is 0 Å². The molecule has 174 valence electrons. The maximum absolute atomic E-state index is 13.4. The zero-order valence-electron chi connectivity index (χ0n) is 19.7. The second kappa shape index (κ2) is 9.23. The molecule has 3 amide bonds. The van der Waals surface area contributed by atoms with Gasteiger partial charge in [0.05, 0.1) is 11.1 Å². The molecule has 8 heteroatoms. The number of carbonyl (C=O) groups is 3. The van der Waals surface area contributed by atoms with Crippen molar-refractivity contribution in [3.05, 3.63) is 46.3 Å². The predicted molar refractivity (Wildman–Crippen MR) is 130 cm³/mol. The Hall–Kier alpha value is -3.39. The molecule has 8 nitrogen and oxygen atoms in total.